The van der Waals surface area contributed by atoms with Crippen LogP contribution < -0.4 is 5.32 Å². The molecule has 0 aromatic carbocycles. The SMILES string of the molecule is CC(=O)OC[C@@H]([C@H]1CCC(=S)N1)[C@@H](C)OC(C)=O. The number of nitrogens with one attached hydrogen (secondary N) is 1. The lowest BCUT2D eigenvalue weighted by Gasteiger charge is -2.28. The molecule has 5 nitrogen and oxygen atoms in total. The Hall–Kier alpha value is -1.17. The number of carbonyl (C=O) groups excluding carboxylic acids is 2. The first-order valence-corrected chi connectivity index (χ1v) is 6.41. The fourth-order valence-electron chi connectivity index (χ4n) is 2.10. The Kier molecular flexibility index (Phi) is 5.53. The van der Waals surface area contributed by atoms with Crippen molar-refractivity contribution in [3.05, 3.63) is 0 Å². The zero-order valence-electron chi connectivity index (χ0n) is 10.9. The van der Waals surface area contributed by atoms with Crippen molar-refractivity contribution in [2.45, 2.75) is 45.8 Å². The summed E-state index contributed by atoms with van der Waals surface area (Å²) in [7, 11) is 0. The van der Waals surface area contributed by atoms with Crippen LogP contribution in [-0.2, 0) is 19.1 Å². The van der Waals surface area contributed by atoms with Crippen LogP contribution in [0.25, 0.3) is 0 Å². The lowest BCUT2D eigenvalue weighted by molar-refractivity contribution is -0.152. The molecule has 6 heteroatoms. The summed E-state index contributed by atoms with van der Waals surface area (Å²) in [6.45, 7) is 4.76. The Morgan fingerprint density at radius 1 is 1.44 bits per heavy atom. The molecule has 0 radical (unpaired) electrons. The maximum atomic E-state index is 11.0. The standard InChI is InChI=1S/C12H19NO4S/c1-7(17-9(3)15)10(6-16-8(2)14)11-4-5-12(18)13-11/h7,10-11H,4-6H2,1-3H3,(H,13,18)/t7-,10-,11-/m1/s1. The van der Waals surface area contributed by atoms with E-state index in [1.165, 1.54) is 13.8 Å². The fourth-order valence-corrected chi connectivity index (χ4v) is 2.37. The second-order valence-electron chi connectivity index (χ2n) is 4.49. The average Bonchev–Trinajstić information content (AvgIpc) is 2.63. The molecule has 1 aliphatic heterocycles. The molecule has 0 spiro atoms. The van der Waals surface area contributed by atoms with Crippen molar-refractivity contribution in [3.8, 4) is 0 Å². The molecule has 0 aromatic rings. The van der Waals surface area contributed by atoms with Gasteiger partial charge in [-0.15, -0.1) is 0 Å². The molecule has 1 rings (SSSR count). The second kappa shape index (κ2) is 6.68. The van der Waals surface area contributed by atoms with Gasteiger partial charge in [-0.3, -0.25) is 9.59 Å². The Morgan fingerprint density at radius 2 is 2.11 bits per heavy atom. The lowest BCUT2D eigenvalue weighted by Crippen LogP contribution is -2.42. The van der Waals surface area contributed by atoms with E-state index in [9.17, 15) is 9.59 Å². The van der Waals surface area contributed by atoms with Crippen LogP contribution in [0.4, 0.5) is 0 Å². The van der Waals surface area contributed by atoms with Gasteiger partial charge in [-0.25, -0.2) is 0 Å². The van der Waals surface area contributed by atoms with Gasteiger partial charge < -0.3 is 14.8 Å². The molecule has 0 amide bonds. The first-order chi connectivity index (χ1) is 8.40. The van der Waals surface area contributed by atoms with Crippen LogP contribution in [0.3, 0.4) is 0 Å². The highest BCUT2D eigenvalue weighted by Crippen LogP contribution is 2.22. The molecule has 0 aromatic heterocycles. The van der Waals surface area contributed by atoms with Crippen molar-refractivity contribution < 1.29 is 19.1 Å². The van der Waals surface area contributed by atoms with E-state index in [-0.39, 0.29) is 36.6 Å². The zero-order valence-corrected chi connectivity index (χ0v) is 11.7. The Balaban J connectivity index is 2.64. The maximum Gasteiger partial charge on any atom is 0.302 e. The molecule has 3 atom stereocenters. The van der Waals surface area contributed by atoms with Crippen molar-refractivity contribution in [2.24, 2.45) is 5.92 Å². The number of hydrogen-bond acceptors (Lipinski definition) is 5. The molecule has 1 fully saturated rings. The summed E-state index contributed by atoms with van der Waals surface area (Å²) < 4.78 is 10.2. The Labute approximate surface area is 112 Å². The molecular weight excluding hydrogens is 254 g/mol. The average molecular weight is 273 g/mol. The van der Waals surface area contributed by atoms with Crippen LogP contribution in [0.5, 0.6) is 0 Å². The number of carbonyl (C=O) groups is 2. The fraction of sp³-hybridized carbons (Fsp3) is 0.750. The molecule has 0 bridgehead atoms. The van der Waals surface area contributed by atoms with Crippen LogP contribution in [0, 0.1) is 5.92 Å². The highest BCUT2D eigenvalue weighted by Gasteiger charge is 2.33. The molecule has 0 unspecified atom stereocenters. The summed E-state index contributed by atoms with van der Waals surface area (Å²) in [5.74, 6) is -0.759. The minimum atomic E-state index is -0.337. The van der Waals surface area contributed by atoms with E-state index in [2.05, 4.69) is 5.32 Å². The van der Waals surface area contributed by atoms with E-state index in [0.717, 1.165) is 17.8 Å². The van der Waals surface area contributed by atoms with Crippen molar-refractivity contribution in [1.82, 2.24) is 5.32 Å². The van der Waals surface area contributed by atoms with Gasteiger partial charge in [0.25, 0.3) is 0 Å². The third kappa shape index (κ3) is 4.60. The molecule has 0 saturated carbocycles. The number of esters is 2. The molecule has 0 aliphatic carbocycles. The number of rotatable bonds is 5. The van der Waals surface area contributed by atoms with E-state index in [1.54, 1.807) is 6.92 Å². The molecule has 1 saturated heterocycles. The van der Waals surface area contributed by atoms with Crippen LogP contribution in [0.1, 0.15) is 33.6 Å². The maximum absolute atomic E-state index is 11.0. The first-order valence-electron chi connectivity index (χ1n) is 6.00. The summed E-state index contributed by atoms with van der Waals surface area (Å²) in [5.41, 5.74) is 0. The summed E-state index contributed by atoms with van der Waals surface area (Å²) in [6, 6.07) is 0.0891. The third-order valence-electron chi connectivity index (χ3n) is 2.98. The number of hydrogen-bond donors (Lipinski definition) is 1. The van der Waals surface area contributed by atoms with Gasteiger partial charge in [-0.05, 0) is 19.8 Å². The molecule has 1 aliphatic rings. The molecular formula is C12H19NO4S. The quantitative estimate of drug-likeness (QED) is 0.600. The Bertz CT molecular complexity index is 345. The topological polar surface area (TPSA) is 64.6 Å². The first kappa shape index (κ1) is 14.9. The van der Waals surface area contributed by atoms with Crippen molar-refractivity contribution in [1.29, 1.82) is 0 Å². The van der Waals surface area contributed by atoms with Gasteiger partial charge >= 0.3 is 11.9 Å². The summed E-state index contributed by atoms with van der Waals surface area (Å²) in [6.07, 6.45) is 1.37. The van der Waals surface area contributed by atoms with Gasteiger partial charge in [0, 0.05) is 19.9 Å². The van der Waals surface area contributed by atoms with Gasteiger partial charge in [0.15, 0.2) is 0 Å². The largest absolute Gasteiger partial charge is 0.465 e. The van der Waals surface area contributed by atoms with E-state index >= 15 is 0 Å². The number of ether oxygens (including phenoxy) is 2. The van der Waals surface area contributed by atoms with Crippen LogP contribution in [-0.4, -0.2) is 35.7 Å². The van der Waals surface area contributed by atoms with Gasteiger partial charge in [-0.2, -0.15) is 0 Å². The highest BCUT2D eigenvalue weighted by molar-refractivity contribution is 7.80. The van der Waals surface area contributed by atoms with Crippen LogP contribution in [0.2, 0.25) is 0 Å². The van der Waals surface area contributed by atoms with E-state index in [0.29, 0.717) is 0 Å². The summed E-state index contributed by atoms with van der Waals surface area (Å²) in [4.78, 5) is 22.7. The normalized spacial score (nSPS) is 21.9. The van der Waals surface area contributed by atoms with Gasteiger partial charge in [-0.1, -0.05) is 12.2 Å². The minimum absolute atomic E-state index is 0.0850. The van der Waals surface area contributed by atoms with Crippen molar-refractivity contribution in [2.75, 3.05) is 6.61 Å². The minimum Gasteiger partial charge on any atom is -0.465 e. The predicted molar refractivity (Wildman–Crippen MR) is 70.1 cm³/mol. The highest BCUT2D eigenvalue weighted by atomic mass is 32.1. The van der Waals surface area contributed by atoms with Crippen molar-refractivity contribution in [3.63, 3.8) is 0 Å². The van der Waals surface area contributed by atoms with Gasteiger partial charge in [0.05, 0.1) is 17.5 Å². The molecule has 1 N–H and O–H groups in total. The predicted octanol–water partition coefficient (Wildman–Crippen LogP) is 1.20. The van der Waals surface area contributed by atoms with E-state index in [4.69, 9.17) is 21.7 Å². The van der Waals surface area contributed by atoms with Crippen molar-refractivity contribution >= 4 is 29.1 Å². The lowest BCUT2D eigenvalue weighted by atomic mass is 9.94. The zero-order chi connectivity index (χ0) is 13.7. The second-order valence-corrected chi connectivity index (χ2v) is 4.99. The summed E-state index contributed by atoms with van der Waals surface area (Å²) >= 11 is 5.10. The third-order valence-corrected chi connectivity index (χ3v) is 3.30. The van der Waals surface area contributed by atoms with Gasteiger partial charge in [0.1, 0.15) is 6.10 Å². The smallest absolute Gasteiger partial charge is 0.302 e. The van der Waals surface area contributed by atoms with Gasteiger partial charge in [0.2, 0.25) is 0 Å². The van der Waals surface area contributed by atoms with E-state index < -0.39 is 0 Å². The molecule has 1 heterocycles. The monoisotopic (exact) mass is 273 g/mol. The van der Waals surface area contributed by atoms with Crippen LogP contribution >= 0.6 is 12.2 Å². The summed E-state index contributed by atoms with van der Waals surface area (Å²) in [5, 5.41) is 3.18. The Morgan fingerprint density at radius 3 is 2.56 bits per heavy atom. The van der Waals surface area contributed by atoms with Crippen LogP contribution in [0.15, 0.2) is 0 Å². The van der Waals surface area contributed by atoms with E-state index in [1.807, 2.05) is 0 Å². The molecule has 18 heavy (non-hydrogen) atoms. The number of thiocarbonyl (C=S) groups is 1. The molecule has 102 valence electrons.